The van der Waals surface area contributed by atoms with E-state index in [1.54, 1.807) is 19.2 Å². The average molecular weight is 247 g/mol. The summed E-state index contributed by atoms with van der Waals surface area (Å²) in [4.78, 5) is 10.7. The maximum absolute atomic E-state index is 10.7. The van der Waals surface area contributed by atoms with Crippen LogP contribution in [0.3, 0.4) is 0 Å². The number of carbonyl (C=O) groups excluding carboxylic acids is 1. The minimum absolute atomic E-state index is 0.572. The fourth-order valence-electron chi connectivity index (χ4n) is 1.63. The molecule has 0 amide bonds. The summed E-state index contributed by atoms with van der Waals surface area (Å²) in [6.45, 7) is 0. The molecule has 0 N–H and O–H groups in total. The summed E-state index contributed by atoms with van der Waals surface area (Å²) in [5.74, 6) is 0.626. The van der Waals surface area contributed by atoms with Crippen molar-refractivity contribution in [3.63, 3.8) is 0 Å². The molecule has 0 heterocycles. The first-order chi connectivity index (χ1) is 8.24. The molecule has 0 saturated carbocycles. The molecule has 17 heavy (non-hydrogen) atoms. The Bertz CT molecular complexity index is 550. The Kier molecular flexibility index (Phi) is 3.45. The number of ether oxygens (including phenoxy) is 1. The number of rotatable bonds is 3. The van der Waals surface area contributed by atoms with E-state index in [-0.39, 0.29) is 0 Å². The van der Waals surface area contributed by atoms with Crippen LogP contribution in [0, 0.1) is 0 Å². The Morgan fingerprint density at radius 1 is 1.12 bits per heavy atom. The molecule has 2 rings (SSSR count). The van der Waals surface area contributed by atoms with Crippen LogP contribution in [-0.4, -0.2) is 13.4 Å². The average Bonchev–Trinajstić information content (AvgIpc) is 2.39. The molecule has 0 atom stereocenters. The number of aldehydes is 1. The Morgan fingerprint density at radius 3 is 2.59 bits per heavy atom. The summed E-state index contributed by atoms with van der Waals surface area (Å²) in [5.41, 5.74) is 2.58. The number of hydrogen-bond acceptors (Lipinski definition) is 2. The zero-order valence-corrected chi connectivity index (χ0v) is 10.1. The molecule has 2 nitrogen and oxygen atoms in total. The summed E-state index contributed by atoms with van der Waals surface area (Å²) in [6, 6.07) is 12.9. The van der Waals surface area contributed by atoms with Crippen molar-refractivity contribution in [2.75, 3.05) is 7.11 Å². The molecule has 0 fully saturated rings. The lowest BCUT2D eigenvalue weighted by Crippen LogP contribution is -1.86. The third kappa shape index (κ3) is 2.48. The van der Waals surface area contributed by atoms with Crippen LogP contribution in [0.5, 0.6) is 5.75 Å². The van der Waals surface area contributed by atoms with Gasteiger partial charge in [-0.05, 0) is 29.3 Å². The fraction of sp³-hybridized carbons (Fsp3) is 0.0714. The Hall–Kier alpha value is -1.80. The molecular weight excluding hydrogens is 236 g/mol. The molecule has 3 heteroatoms. The summed E-state index contributed by atoms with van der Waals surface area (Å²) in [7, 11) is 1.58. The van der Waals surface area contributed by atoms with Crippen molar-refractivity contribution in [1.29, 1.82) is 0 Å². The lowest BCUT2D eigenvalue weighted by atomic mass is 10.0. The highest BCUT2D eigenvalue weighted by Gasteiger charge is 2.04. The standard InChI is InChI=1S/C14H11ClO2/c1-17-14-8-12(5-6-13(14)15)11-4-2-3-10(7-11)9-16/h2-9H,1H3. The van der Waals surface area contributed by atoms with E-state index in [9.17, 15) is 4.79 Å². The van der Waals surface area contributed by atoms with Gasteiger partial charge < -0.3 is 4.74 Å². The lowest BCUT2D eigenvalue weighted by Gasteiger charge is -2.07. The topological polar surface area (TPSA) is 26.3 Å². The summed E-state index contributed by atoms with van der Waals surface area (Å²) in [6.07, 6.45) is 0.830. The van der Waals surface area contributed by atoms with Gasteiger partial charge in [-0.3, -0.25) is 4.79 Å². The third-order valence-corrected chi connectivity index (χ3v) is 2.82. The van der Waals surface area contributed by atoms with E-state index in [2.05, 4.69) is 0 Å². The number of hydrogen-bond donors (Lipinski definition) is 0. The number of methoxy groups -OCH3 is 1. The fourth-order valence-corrected chi connectivity index (χ4v) is 1.83. The molecule has 0 aliphatic rings. The van der Waals surface area contributed by atoms with Gasteiger partial charge in [0.15, 0.2) is 0 Å². The lowest BCUT2D eigenvalue weighted by molar-refractivity contribution is 0.112. The molecule has 0 bridgehead atoms. The number of carbonyl (C=O) groups is 1. The summed E-state index contributed by atoms with van der Waals surface area (Å²) < 4.78 is 5.16. The van der Waals surface area contributed by atoms with E-state index in [4.69, 9.17) is 16.3 Å². The highest BCUT2D eigenvalue weighted by atomic mass is 35.5. The van der Waals surface area contributed by atoms with E-state index in [0.717, 1.165) is 17.4 Å². The van der Waals surface area contributed by atoms with Gasteiger partial charge in [0.2, 0.25) is 0 Å². The van der Waals surface area contributed by atoms with Crippen LogP contribution in [-0.2, 0) is 0 Å². The predicted octanol–water partition coefficient (Wildman–Crippen LogP) is 3.83. The maximum atomic E-state index is 10.7. The van der Waals surface area contributed by atoms with Crippen LogP contribution >= 0.6 is 11.6 Å². The molecule has 0 saturated heterocycles. The van der Waals surface area contributed by atoms with Gasteiger partial charge in [0.25, 0.3) is 0 Å². The first-order valence-corrected chi connectivity index (χ1v) is 5.51. The van der Waals surface area contributed by atoms with Gasteiger partial charge in [0.1, 0.15) is 12.0 Å². The summed E-state index contributed by atoms with van der Waals surface area (Å²) in [5, 5.41) is 0.572. The van der Waals surface area contributed by atoms with Crippen LogP contribution in [0.2, 0.25) is 5.02 Å². The smallest absolute Gasteiger partial charge is 0.150 e. The molecule has 0 aliphatic carbocycles. The van der Waals surface area contributed by atoms with Crippen molar-refractivity contribution in [3.8, 4) is 16.9 Å². The number of halogens is 1. The predicted molar refractivity (Wildman–Crippen MR) is 68.8 cm³/mol. The minimum Gasteiger partial charge on any atom is -0.495 e. The van der Waals surface area contributed by atoms with Crippen LogP contribution in [0.25, 0.3) is 11.1 Å². The Morgan fingerprint density at radius 2 is 1.88 bits per heavy atom. The third-order valence-electron chi connectivity index (χ3n) is 2.51. The van der Waals surface area contributed by atoms with Crippen LogP contribution < -0.4 is 4.74 Å². The second-order valence-corrected chi connectivity index (χ2v) is 4.00. The second kappa shape index (κ2) is 5.02. The largest absolute Gasteiger partial charge is 0.495 e. The van der Waals surface area contributed by atoms with Crippen molar-refractivity contribution in [2.45, 2.75) is 0 Å². The van der Waals surface area contributed by atoms with E-state index in [0.29, 0.717) is 16.3 Å². The van der Waals surface area contributed by atoms with Crippen molar-refractivity contribution in [1.82, 2.24) is 0 Å². The Balaban J connectivity index is 2.48. The normalized spacial score (nSPS) is 10.0. The second-order valence-electron chi connectivity index (χ2n) is 3.59. The molecule has 0 radical (unpaired) electrons. The molecule has 0 spiro atoms. The van der Waals surface area contributed by atoms with Gasteiger partial charge in [-0.15, -0.1) is 0 Å². The van der Waals surface area contributed by atoms with Gasteiger partial charge in [0.05, 0.1) is 12.1 Å². The molecule has 2 aromatic carbocycles. The van der Waals surface area contributed by atoms with Crippen LogP contribution in [0.15, 0.2) is 42.5 Å². The molecule has 86 valence electrons. The van der Waals surface area contributed by atoms with Gasteiger partial charge in [-0.1, -0.05) is 35.9 Å². The van der Waals surface area contributed by atoms with Gasteiger partial charge in [-0.25, -0.2) is 0 Å². The molecule has 0 aromatic heterocycles. The van der Waals surface area contributed by atoms with Gasteiger partial charge >= 0.3 is 0 Å². The minimum atomic E-state index is 0.572. The highest BCUT2D eigenvalue weighted by molar-refractivity contribution is 6.32. The SMILES string of the molecule is COc1cc(-c2cccc(C=O)c2)ccc1Cl. The quantitative estimate of drug-likeness (QED) is 0.770. The van der Waals surface area contributed by atoms with E-state index in [1.165, 1.54) is 0 Å². The first kappa shape index (κ1) is 11.7. The van der Waals surface area contributed by atoms with Crippen molar-refractivity contribution in [3.05, 3.63) is 53.1 Å². The van der Waals surface area contributed by atoms with Gasteiger partial charge in [-0.2, -0.15) is 0 Å². The monoisotopic (exact) mass is 246 g/mol. The molecule has 2 aromatic rings. The Labute approximate surface area is 105 Å². The number of benzene rings is 2. The zero-order chi connectivity index (χ0) is 12.3. The van der Waals surface area contributed by atoms with Crippen molar-refractivity contribution in [2.24, 2.45) is 0 Å². The van der Waals surface area contributed by atoms with Crippen molar-refractivity contribution < 1.29 is 9.53 Å². The van der Waals surface area contributed by atoms with Crippen LogP contribution in [0.4, 0.5) is 0 Å². The molecule has 0 aliphatic heterocycles. The van der Waals surface area contributed by atoms with Crippen LogP contribution in [0.1, 0.15) is 10.4 Å². The van der Waals surface area contributed by atoms with E-state index >= 15 is 0 Å². The first-order valence-electron chi connectivity index (χ1n) is 5.14. The summed E-state index contributed by atoms with van der Waals surface area (Å²) >= 11 is 5.96. The molecule has 0 unspecified atom stereocenters. The highest BCUT2D eigenvalue weighted by Crippen LogP contribution is 2.30. The maximum Gasteiger partial charge on any atom is 0.150 e. The van der Waals surface area contributed by atoms with Gasteiger partial charge in [0, 0.05) is 5.56 Å². The van der Waals surface area contributed by atoms with E-state index in [1.807, 2.05) is 30.3 Å². The molecular formula is C14H11ClO2. The zero-order valence-electron chi connectivity index (χ0n) is 9.31. The van der Waals surface area contributed by atoms with E-state index < -0.39 is 0 Å². The van der Waals surface area contributed by atoms with Crippen molar-refractivity contribution >= 4 is 17.9 Å².